The number of carbonyl (C=O) groups excluding carboxylic acids is 1. The molecule has 1 saturated heterocycles. The minimum atomic E-state index is -0.110. The maximum Gasteiger partial charge on any atom is 0.227 e. The third-order valence-electron chi connectivity index (χ3n) is 4.09. The van der Waals surface area contributed by atoms with Gasteiger partial charge in [0, 0.05) is 26.7 Å². The number of rotatable bonds is 6. The molecule has 1 aromatic carbocycles. The summed E-state index contributed by atoms with van der Waals surface area (Å²) >= 11 is 0. The fraction of sp³-hybridized carbons (Fsp3) is 0.588. The molecule has 0 aliphatic carbocycles. The van der Waals surface area contributed by atoms with Crippen LogP contribution in [-0.2, 0) is 22.6 Å². The lowest BCUT2D eigenvalue weighted by Gasteiger charge is -2.30. The maximum atomic E-state index is 12.6. The van der Waals surface area contributed by atoms with Crippen molar-refractivity contribution in [3.8, 4) is 0 Å². The van der Waals surface area contributed by atoms with Crippen molar-refractivity contribution in [1.29, 1.82) is 0 Å². The number of nitrogens with zero attached hydrogens (tertiary/aromatic N) is 1. The molecular weight excluding hydrogens is 264 g/mol. The SMILES string of the molecule is COCc1cccc(CC(CN)C(=O)N2CCCCC2)c1. The maximum absolute atomic E-state index is 12.6. The third kappa shape index (κ3) is 4.55. The van der Waals surface area contributed by atoms with E-state index in [-0.39, 0.29) is 11.8 Å². The molecule has 0 saturated carbocycles. The van der Waals surface area contributed by atoms with Crippen LogP contribution in [0.2, 0.25) is 0 Å². The predicted octanol–water partition coefficient (Wildman–Crippen LogP) is 1.96. The van der Waals surface area contributed by atoms with Gasteiger partial charge in [-0.05, 0) is 36.8 Å². The third-order valence-corrected chi connectivity index (χ3v) is 4.09. The number of hydrogen-bond donors (Lipinski definition) is 1. The molecule has 1 aliphatic rings. The second-order valence-electron chi connectivity index (χ2n) is 5.78. The van der Waals surface area contributed by atoms with Crippen molar-refractivity contribution in [1.82, 2.24) is 4.90 Å². The Morgan fingerprint density at radius 1 is 1.29 bits per heavy atom. The van der Waals surface area contributed by atoms with Gasteiger partial charge in [0.05, 0.1) is 12.5 Å². The summed E-state index contributed by atoms with van der Waals surface area (Å²) in [4.78, 5) is 14.6. The van der Waals surface area contributed by atoms with E-state index in [2.05, 4.69) is 12.1 Å². The smallest absolute Gasteiger partial charge is 0.227 e. The predicted molar refractivity (Wildman–Crippen MR) is 83.8 cm³/mol. The highest BCUT2D eigenvalue weighted by Gasteiger charge is 2.24. The molecule has 1 aromatic rings. The summed E-state index contributed by atoms with van der Waals surface area (Å²) in [5, 5.41) is 0. The first-order valence-electron chi connectivity index (χ1n) is 7.80. The minimum Gasteiger partial charge on any atom is -0.380 e. The van der Waals surface area contributed by atoms with Crippen LogP contribution in [0.25, 0.3) is 0 Å². The van der Waals surface area contributed by atoms with Gasteiger partial charge in [-0.2, -0.15) is 0 Å². The number of likely N-dealkylation sites (tertiary alicyclic amines) is 1. The molecule has 1 heterocycles. The van der Waals surface area contributed by atoms with Crippen LogP contribution in [0.4, 0.5) is 0 Å². The van der Waals surface area contributed by atoms with Crippen molar-refractivity contribution < 1.29 is 9.53 Å². The Hall–Kier alpha value is -1.39. The van der Waals surface area contributed by atoms with Gasteiger partial charge in [-0.1, -0.05) is 24.3 Å². The molecule has 4 heteroatoms. The molecule has 0 bridgehead atoms. The normalized spacial score (nSPS) is 16.8. The second-order valence-corrected chi connectivity index (χ2v) is 5.78. The van der Waals surface area contributed by atoms with Gasteiger partial charge in [-0.25, -0.2) is 0 Å². The van der Waals surface area contributed by atoms with Gasteiger partial charge >= 0.3 is 0 Å². The van der Waals surface area contributed by atoms with Gasteiger partial charge in [0.1, 0.15) is 0 Å². The zero-order valence-corrected chi connectivity index (χ0v) is 12.9. The Balaban J connectivity index is 2.00. The fourth-order valence-electron chi connectivity index (χ4n) is 2.94. The molecule has 1 atom stereocenters. The molecule has 116 valence electrons. The summed E-state index contributed by atoms with van der Waals surface area (Å²) in [7, 11) is 1.69. The molecular formula is C17H26N2O2. The Labute approximate surface area is 127 Å². The number of carbonyl (C=O) groups is 1. The molecule has 1 unspecified atom stereocenters. The lowest BCUT2D eigenvalue weighted by atomic mass is 9.96. The van der Waals surface area contributed by atoms with Crippen LogP contribution in [0.5, 0.6) is 0 Å². The topological polar surface area (TPSA) is 55.6 Å². The van der Waals surface area contributed by atoms with Crippen LogP contribution in [0.1, 0.15) is 30.4 Å². The summed E-state index contributed by atoms with van der Waals surface area (Å²) in [6.07, 6.45) is 4.18. The Bertz CT molecular complexity index is 456. The number of hydrogen-bond acceptors (Lipinski definition) is 3. The summed E-state index contributed by atoms with van der Waals surface area (Å²) in [5.74, 6) is 0.107. The Kier molecular flexibility index (Phi) is 6.21. The van der Waals surface area contributed by atoms with Crippen molar-refractivity contribution in [3.05, 3.63) is 35.4 Å². The molecule has 1 aliphatic heterocycles. The van der Waals surface area contributed by atoms with Crippen molar-refractivity contribution >= 4 is 5.91 Å². The molecule has 2 N–H and O–H groups in total. The number of nitrogens with two attached hydrogens (primary N) is 1. The zero-order chi connectivity index (χ0) is 15.1. The fourth-order valence-corrected chi connectivity index (χ4v) is 2.94. The van der Waals surface area contributed by atoms with Crippen LogP contribution in [-0.4, -0.2) is 37.6 Å². The van der Waals surface area contributed by atoms with Crippen LogP contribution in [0.3, 0.4) is 0 Å². The first kappa shape index (κ1) is 16.0. The number of methoxy groups -OCH3 is 1. The monoisotopic (exact) mass is 290 g/mol. The van der Waals surface area contributed by atoms with Gasteiger partial charge in [-0.15, -0.1) is 0 Å². The quantitative estimate of drug-likeness (QED) is 0.871. The highest BCUT2D eigenvalue weighted by Crippen LogP contribution is 2.16. The standard InChI is InChI=1S/C17H26N2O2/c1-21-13-15-7-5-6-14(10-15)11-16(12-18)17(20)19-8-3-2-4-9-19/h5-7,10,16H,2-4,8-9,11-13,18H2,1H3. The Morgan fingerprint density at radius 2 is 2.00 bits per heavy atom. The molecule has 21 heavy (non-hydrogen) atoms. The van der Waals surface area contributed by atoms with E-state index in [0.717, 1.165) is 37.1 Å². The molecule has 0 spiro atoms. The number of amides is 1. The average Bonchev–Trinajstić information content (AvgIpc) is 2.53. The summed E-state index contributed by atoms with van der Waals surface area (Å²) in [6, 6.07) is 8.22. The first-order chi connectivity index (χ1) is 10.2. The lowest BCUT2D eigenvalue weighted by Crippen LogP contribution is -2.42. The molecule has 1 fully saturated rings. The van der Waals surface area contributed by atoms with Crippen LogP contribution >= 0.6 is 0 Å². The molecule has 0 radical (unpaired) electrons. The van der Waals surface area contributed by atoms with Crippen LogP contribution < -0.4 is 5.73 Å². The van der Waals surface area contributed by atoms with E-state index < -0.39 is 0 Å². The largest absolute Gasteiger partial charge is 0.380 e. The summed E-state index contributed by atoms with van der Waals surface area (Å²) < 4.78 is 5.16. The van der Waals surface area contributed by atoms with E-state index in [4.69, 9.17) is 10.5 Å². The number of benzene rings is 1. The van der Waals surface area contributed by atoms with E-state index >= 15 is 0 Å². The first-order valence-corrected chi connectivity index (χ1v) is 7.80. The van der Waals surface area contributed by atoms with Crippen molar-refractivity contribution in [2.45, 2.75) is 32.3 Å². The summed E-state index contributed by atoms with van der Waals surface area (Å²) in [6.45, 7) is 2.78. The van der Waals surface area contributed by atoms with E-state index in [9.17, 15) is 4.79 Å². The second kappa shape index (κ2) is 8.15. The average molecular weight is 290 g/mol. The molecule has 4 nitrogen and oxygen atoms in total. The van der Waals surface area contributed by atoms with E-state index in [1.165, 1.54) is 6.42 Å². The van der Waals surface area contributed by atoms with Crippen LogP contribution in [0.15, 0.2) is 24.3 Å². The van der Waals surface area contributed by atoms with Crippen molar-refractivity contribution in [3.63, 3.8) is 0 Å². The van der Waals surface area contributed by atoms with Crippen LogP contribution in [0, 0.1) is 5.92 Å². The van der Waals surface area contributed by atoms with Gasteiger partial charge in [0.15, 0.2) is 0 Å². The summed E-state index contributed by atoms with van der Waals surface area (Å²) in [5.41, 5.74) is 8.15. The van der Waals surface area contributed by atoms with Gasteiger partial charge < -0.3 is 15.4 Å². The number of ether oxygens (including phenoxy) is 1. The Morgan fingerprint density at radius 3 is 2.67 bits per heavy atom. The highest BCUT2D eigenvalue weighted by molar-refractivity contribution is 5.79. The molecule has 2 rings (SSSR count). The van der Waals surface area contributed by atoms with Crippen molar-refractivity contribution in [2.75, 3.05) is 26.7 Å². The van der Waals surface area contributed by atoms with Gasteiger partial charge in [0.2, 0.25) is 5.91 Å². The highest BCUT2D eigenvalue weighted by atomic mass is 16.5. The van der Waals surface area contributed by atoms with E-state index in [0.29, 0.717) is 19.6 Å². The van der Waals surface area contributed by atoms with E-state index in [1.54, 1.807) is 7.11 Å². The molecule has 1 amide bonds. The van der Waals surface area contributed by atoms with Crippen molar-refractivity contribution in [2.24, 2.45) is 11.7 Å². The number of piperidine rings is 1. The zero-order valence-electron chi connectivity index (χ0n) is 12.9. The van der Waals surface area contributed by atoms with Gasteiger partial charge in [0.25, 0.3) is 0 Å². The van der Waals surface area contributed by atoms with E-state index in [1.807, 2.05) is 17.0 Å². The van der Waals surface area contributed by atoms with Gasteiger partial charge in [-0.3, -0.25) is 4.79 Å². The molecule has 0 aromatic heterocycles. The minimum absolute atomic E-state index is 0.110. The lowest BCUT2D eigenvalue weighted by molar-refractivity contribution is -0.136.